The molecule has 0 rings (SSSR count). The number of carbonyl (C=O) groups is 3. The number of aliphatic hydroxyl groups is 2. The molecule has 0 saturated heterocycles. The van der Waals surface area contributed by atoms with Crippen molar-refractivity contribution in [2.24, 2.45) is 5.41 Å². The summed E-state index contributed by atoms with van der Waals surface area (Å²) in [6.07, 6.45) is -1.26. The SMILES string of the molecule is CC(C)(CO)C(O)C(=O)NCCC(=O)[O-].[NH-]CCCC(=O)[O-].[Ni+3]. The van der Waals surface area contributed by atoms with Crippen LogP contribution in [0.25, 0.3) is 5.73 Å². The number of carboxylic acids is 2. The van der Waals surface area contributed by atoms with Crippen LogP contribution in [0.5, 0.6) is 0 Å². The number of aliphatic carboxylic acids is 2. The number of nitrogens with one attached hydrogen (secondary N) is 2. The van der Waals surface area contributed by atoms with Gasteiger partial charge in [0.15, 0.2) is 0 Å². The van der Waals surface area contributed by atoms with Gasteiger partial charge in [0.1, 0.15) is 6.10 Å². The molecule has 0 heterocycles. The second-order valence-electron chi connectivity index (χ2n) is 5.19. The Morgan fingerprint density at radius 2 is 1.65 bits per heavy atom. The Morgan fingerprint density at radius 1 is 1.17 bits per heavy atom. The van der Waals surface area contributed by atoms with E-state index in [9.17, 15) is 29.7 Å². The third kappa shape index (κ3) is 15.5. The number of rotatable bonds is 9. The van der Waals surface area contributed by atoms with Crippen molar-refractivity contribution in [3.05, 3.63) is 5.73 Å². The standard InChI is InChI=1S/C9H17NO5.C4H8NO2.Ni/c1-9(2,5-11)7(14)8(15)10-4-3-6(12)13;5-3-1-2-4(6)7;/h7,11,14H,3-5H2,1-2H3,(H,10,15)(H,12,13);5H,1-3H2,(H,6,7);/q;-1;+3/p-2. The summed E-state index contributed by atoms with van der Waals surface area (Å²) in [5, 5.41) is 40.2. The van der Waals surface area contributed by atoms with E-state index in [2.05, 4.69) is 5.32 Å². The van der Waals surface area contributed by atoms with Crippen LogP contribution in [-0.4, -0.2) is 53.9 Å². The second-order valence-corrected chi connectivity index (χ2v) is 5.19. The minimum Gasteiger partial charge on any atom is -0.677 e. The third-order valence-corrected chi connectivity index (χ3v) is 2.58. The van der Waals surface area contributed by atoms with Gasteiger partial charge in [0.2, 0.25) is 5.91 Å². The van der Waals surface area contributed by atoms with E-state index in [1.807, 2.05) is 0 Å². The predicted octanol–water partition coefficient (Wildman–Crippen LogP) is -2.81. The summed E-state index contributed by atoms with van der Waals surface area (Å²) in [6.45, 7) is 2.78. The summed E-state index contributed by atoms with van der Waals surface area (Å²) < 4.78 is 0. The van der Waals surface area contributed by atoms with Gasteiger partial charge in [-0.3, -0.25) is 4.79 Å². The van der Waals surface area contributed by atoms with E-state index in [-0.39, 0.29) is 49.0 Å². The zero-order chi connectivity index (χ0) is 17.8. The Bertz CT molecular complexity index is 364. The van der Waals surface area contributed by atoms with Crippen LogP contribution in [0.15, 0.2) is 0 Å². The van der Waals surface area contributed by atoms with Crippen LogP contribution >= 0.6 is 0 Å². The fraction of sp³-hybridized carbons (Fsp3) is 0.769. The van der Waals surface area contributed by atoms with Crippen LogP contribution in [0.2, 0.25) is 0 Å². The summed E-state index contributed by atoms with van der Waals surface area (Å²) in [4.78, 5) is 30.8. The quantitative estimate of drug-likeness (QED) is 0.363. The maximum absolute atomic E-state index is 11.2. The smallest absolute Gasteiger partial charge is 0.677 e. The molecule has 0 aromatic rings. The van der Waals surface area contributed by atoms with Gasteiger partial charge in [0.25, 0.3) is 0 Å². The number of hydrogen-bond acceptors (Lipinski definition) is 7. The largest absolute Gasteiger partial charge is 3.00 e. The second kappa shape index (κ2) is 14.4. The van der Waals surface area contributed by atoms with E-state index in [1.165, 1.54) is 13.8 Å². The molecule has 1 amide bonds. The van der Waals surface area contributed by atoms with Crippen molar-refractivity contribution < 1.29 is 51.3 Å². The fourth-order valence-corrected chi connectivity index (χ4v) is 1.06. The maximum atomic E-state index is 11.2. The normalized spacial score (nSPS) is 11.3. The topological polar surface area (TPSA) is 174 Å². The third-order valence-electron chi connectivity index (χ3n) is 2.58. The zero-order valence-corrected chi connectivity index (χ0v) is 14.1. The summed E-state index contributed by atoms with van der Waals surface area (Å²) in [6, 6.07) is 0. The minimum absolute atomic E-state index is 0. The molecule has 0 aromatic carbocycles. The van der Waals surface area contributed by atoms with Crippen LogP contribution in [0.4, 0.5) is 0 Å². The van der Waals surface area contributed by atoms with Gasteiger partial charge in [-0.1, -0.05) is 20.3 Å². The Hall–Kier alpha value is -1.22. The van der Waals surface area contributed by atoms with E-state index < -0.39 is 29.4 Å². The first-order chi connectivity index (χ1) is 10.1. The molecule has 1 radical (unpaired) electrons. The Morgan fingerprint density at radius 3 is 1.96 bits per heavy atom. The van der Waals surface area contributed by atoms with Crippen molar-refractivity contribution in [1.29, 1.82) is 0 Å². The molecule has 0 fully saturated rings. The molecule has 9 nitrogen and oxygen atoms in total. The molecule has 0 saturated carbocycles. The first kappa shape index (κ1) is 26.7. The summed E-state index contributed by atoms with van der Waals surface area (Å²) in [7, 11) is 0. The monoisotopic (exact) mass is 377 g/mol. The molecule has 137 valence electrons. The van der Waals surface area contributed by atoms with E-state index in [0.717, 1.165) is 0 Å². The average Bonchev–Trinajstić information content (AvgIpc) is 2.44. The van der Waals surface area contributed by atoms with Crippen molar-refractivity contribution in [3.8, 4) is 0 Å². The number of carbonyl (C=O) groups excluding carboxylic acids is 3. The van der Waals surface area contributed by atoms with Crippen molar-refractivity contribution >= 4 is 17.8 Å². The summed E-state index contributed by atoms with van der Waals surface area (Å²) >= 11 is 0. The Balaban J connectivity index is -0.000000425. The molecular formula is C13H23N2NiO7. The molecule has 1 unspecified atom stereocenters. The summed E-state index contributed by atoms with van der Waals surface area (Å²) in [5.74, 6) is -3.03. The number of amides is 1. The van der Waals surface area contributed by atoms with E-state index in [4.69, 9.17) is 10.8 Å². The van der Waals surface area contributed by atoms with Crippen molar-refractivity contribution in [2.45, 2.75) is 39.2 Å². The van der Waals surface area contributed by atoms with Gasteiger partial charge in [-0.2, -0.15) is 6.54 Å². The van der Waals surface area contributed by atoms with Gasteiger partial charge in [-0.25, -0.2) is 0 Å². The molecule has 1 atom stereocenters. The van der Waals surface area contributed by atoms with Crippen molar-refractivity contribution in [3.63, 3.8) is 0 Å². The first-order valence-corrected chi connectivity index (χ1v) is 6.69. The van der Waals surface area contributed by atoms with Gasteiger partial charge in [0.05, 0.1) is 6.61 Å². The molecule has 4 N–H and O–H groups in total. The fourth-order valence-electron chi connectivity index (χ4n) is 1.06. The molecule has 0 aromatic heterocycles. The molecule has 0 aliphatic heterocycles. The van der Waals surface area contributed by atoms with Crippen LogP contribution in [0.3, 0.4) is 0 Å². The van der Waals surface area contributed by atoms with Crippen LogP contribution < -0.4 is 15.5 Å². The van der Waals surface area contributed by atoms with Crippen LogP contribution in [-0.2, 0) is 30.9 Å². The number of aliphatic hydroxyl groups excluding tert-OH is 2. The molecule has 10 heteroatoms. The molecule has 0 spiro atoms. The molecule has 0 aliphatic carbocycles. The van der Waals surface area contributed by atoms with E-state index in [1.54, 1.807) is 0 Å². The Labute approximate surface area is 145 Å². The molecule has 0 bridgehead atoms. The van der Waals surface area contributed by atoms with Gasteiger partial charge in [-0.05, 0) is 6.42 Å². The number of carboxylic acid groups (broad SMARTS) is 2. The average molecular weight is 378 g/mol. The van der Waals surface area contributed by atoms with Gasteiger partial charge in [0, 0.05) is 30.3 Å². The summed E-state index contributed by atoms with van der Waals surface area (Å²) in [5.41, 5.74) is 5.55. The van der Waals surface area contributed by atoms with Gasteiger partial charge >= 0.3 is 16.5 Å². The predicted molar refractivity (Wildman–Crippen MR) is 72.9 cm³/mol. The van der Waals surface area contributed by atoms with Gasteiger partial charge in [-0.15, -0.1) is 0 Å². The minimum atomic E-state index is -1.37. The van der Waals surface area contributed by atoms with E-state index in [0.29, 0.717) is 6.42 Å². The maximum Gasteiger partial charge on any atom is 3.00 e. The zero-order valence-electron chi connectivity index (χ0n) is 13.1. The first-order valence-electron chi connectivity index (χ1n) is 6.69. The molecule has 0 aliphatic rings. The molecule has 23 heavy (non-hydrogen) atoms. The van der Waals surface area contributed by atoms with E-state index >= 15 is 0 Å². The number of hydrogen-bond donors (Lipinski definition) is 3. The van der Waals surface area contributed by atoms with Gasteiger partial charge < -0.3 is 41.1 Å². The van der Waals surface area contributed by atoms with Crippen LogP contribution in [0.1, 0.15) is 33.1 Å². The Kier molecular flexibility index (Phi) is 16.7. The molecular weight excluding hydrogens is 355 g/mol. The van der Waals surface area contributed by atoms with Crippen LogP contribution in [0, 0.1) is 5.41 Å². The van der Waals surface area contributed by atoms with Crippen molar-refractivity contribution in [1.82, 2.24) is 5.32 Å². The van der Waals surface area contributed by atoms with Crippen molar-refractivity contribution in [2.75, 3.05) is 19.7 Å².